The highest BCUT2D eigenvalue weighted by Crippen LogP contribution is 2.58. The van der Waals surface area contributed by atoms with Crippen molar-refractivity contribution in [2.24, 2.45) is 5.92 Å². The fourth-order valence-electron chi connectivity index (χ4n) is 5.02. The Labute approximate surface area is 160 Å². The van der Waals surface area contributed by atoms with Crippen LogP contribution < -0.4 is 5.73 Å². The minimum Gasteiger partial charge on any atom is -0.399 e. The number of anilines is 1. The summed E-state index contributed by atoms with van der Waals surface area (Å²) < 4.78 is 0. The molecule has 0 aliphatic heterocycles. The average molecular weight is 349 g/mol. The largest absolute Gasteiger partial charge is 0.399 e. The van der Waals surface area contributed by atoms with Crippen molar-refractivity contribution in [2.45, 2.75) is 18.8 Å². The second-order valence-corrected chi connectivity index (χ2v) is 7.65. The second-order valence-electron chi connectivity index (χ2n) is 7.65. The number of hydrogen-bond acceptors (Lipinski definition) is 1. The molecule has 0 bridgehead atoms. The highest BCUT2D eigenvalue weighted by atomic mass is 14.6. The van der Waals surface area contributed by atoms with Gasteiger partial charge in [-0.2, -0.15) is 0 Å². The molecule has 27 heavy (non-hydrogen) atoms. The minimum atomic E-state index is -0.312. The van der Waals surface area contributed by atoms with Crippen LogP contribution in [-0.2, 0) is 5.41 Å². The Morgan fingerprint density at radius 1 is 0.852 bits per heavy atom. The summed E-state index contributed by atoms with van der Waals surface area (Å²) in [6, 6.07) is 28.2. The smallest absolute Gasteiger partial charge is 0.0711 e. The predicted molar refractivity (Wildman–Crippen MR) is 113 cm³/mol. The maximum Gasteiger partial charge on any atom is 0.0711 e. The highest BCUT2D eigenvalue weighted by molar-refractivity contribution is 5.89. The molecular weight excluding hydrogens is 326 g/mol. The summed E-state index contributed by atoms with van der Waals surface area (Å²) >= 11 is 0. The van der Waals surface area contributed by atoms with Gasteiger partial charge in [0.2, 0.25) is 0 Å². The highest BCUT2D eigenvalue weighted by Gasteiger charge is 2.48. The molecule has 5 rings (SSSR count). The fraction of sp³-hybridized carbons (Fsp3) is 0.154. The molecule has 0 saturated carbocycles. The predicted octanol–water partition coefficient (Wildman–Crippen LogP) is 5.97. The molecule has 1 atom stereocenters. The normalized spacial score (nSPS) is 19.7. The third kappa shape index (κ3) is 2.18. The van der Waals surface area contributed by atoms with Crippen molar-refractivity contribution >= 4 is 11.3 Å². The molecule has 132 valence electrons. The van der Waals surface area contributed by atoms with E-state index in [0.29, 0.717) is 5.92 Å². The lowest BCUT2D eigenvalue weighted by atomic mass is 9.66. The van der Waals surface area contributed by atoms with Crippen LogP contribution in [0.5, 0.6) is 0 Å². The topological polar surface area (TPSA) is 26.0 Å². The first-order valence-electron chi connectivity index (χ1n) is 9.65. The molecule has 2 aliphatic rings. The first-order valence-corrected chi connectivity index (χ1v) is 9.65. The van der Waals surface area contributed by atoms with Gasteiger partial charge in [0, 0.05) is 5.69 Å². The van der Waals surface area contributed by atoms with Crippen LogP contribution >= 0.6 is 0 Å². The van der Waals surface area contributed by atoms with Crippen LogP contribution in [0.25, 0.3) is 5.57 Å². The molecule has 0 spiro atoms. The summed E-state index contributed by atoms with van der Waals surface area (Å²) in [5, 5.41) is 0. The second kappa shape index (κ2) is 5.99. The Balaban J connectivity index is 1.96. The minimum absolute atomic E-state index is 0.312. The molecule has 0 aromatic heterocycles. The van der Waals surface area contributed by atoms with Crippen molar-refractivity contribution in [3.63, 3.8) is 0 Å². The van der Waals surface area contributed by atoms with Gasteiger partial charge in [-0.3, -0.25) is 0 Å². The number of allylic oxidation sites excluding steroid dienone is 4. The van der Waals surface area contributed by atoms with Crippen molar-refractivity contribution in [2.75, 3.05) is 5.73 Å². The van der Waals surface area contributed by atoms with E-state index in [0.717, 1.165) is 12.1 Å². The van der Waals surface area contributed by atoms with Gasteiger partial charge in [0.1, 0.15) is 0 Å². The third-order valence-electron chi connectivity index (χ3n) is 6.11. The summed E-state index contributed by atoms with van der Waals surface area (Å²) in [6.45, 7) is 2.34. The van der Waals surface area contributed by atoms with Crippen molar-refractivity contribution in [3.05, 3.63) is 119 Å². The standard InChI is InChI=1S/C26H23N/c1-18-9-8-14-23-25(18)22-16-15-21(27)17-24(22)26(23,19-10-4-2-5-11-19)20-12-6-3-7-13-20/h2-8,10-18H,9,27H2,1H3. The third-order valence-corrected chi connectivity index (χ3v) is 6.11. The number of hydrogen-bond donors (Lipinski definition) is 1. The summed E-state index contributed by atoms with van der Waals surface area (Å²) in [6.07, 6.45) is 5.77. The first-order chi connectivity index (χ1) is 13.2. The van der Waals surface area contributed by atoms with Crippen LogP contribution in [0.3, 0.4) is 0 Å². The van der Waals surface area contributed by atoms with Crippen LogP contribution in [0.4, 0.5) is 5.69 Å². The van der Waals surface area contributed by atoms with Crippen LogP contribution in [-0.4, -0.2) is 0 Å². The maximum atomic E-state index is 6.30. The van der Waals surface area contributed by atoms with Crippen LogP contribution in [0.1, 0.15) is 35.6 Å². The van der Waals surface area contributed by atoms with Gasteiger partial charge >= 0.3 is 0 Å². The average Bonchev–Trinajstić information content (AvgIpc) is 3.01. The summed E-state index contributed by atoms with van der Waals surface area (Å²) in [7, 11) is 0. The number of nitrogens with two attached hydrogens (primary N) is 1. The summed E-state index contributed by atoms with van der Waals surface area (Å²) in [5.41, 5.74) is 14.9. The zero-order valence-corrected chi connectivity index (χ0v) is 15.5. The van der Waals surface area contributed by atoms with Gasteiger partial charge in [0.25, 0.3) is 0 Å². The van der Waals surface area contributed by atoms with Gasteiger partial charge in [0.05, 0.1) is 5.41 Å². The lowest BCUT2D eigenvalue weighted by Gasteiger charge is -2.35. The molecule has 3 aromatic rings. The van der Waals surface area contributed by atoms with E-state index in [-0.39, 0.29) is 5.41 Å². The van der Waals surface area contributed by atoms with Crippen LogP contribution in [0.15, 0.2) is 96.6 Å². The Kier molecular flexibility index (Phi) is 3.58. The zero-order valence-electron chi connectivity index (χ0n) is 15.5. The van der Waals surface area contributed by atoms with E-state index in [2.05, 4.69) is 91.9 Å². The van der Waals surface area contributed by atoms with E-state index in [1.165, 1.54) is 33.4 Å². The molecule has 0 fully saturated rings. The molecule has 2 N–H and O–H groups in total. The van der Waals surface area contributed by atoms with Gasteiger partial charge in [-0.25, -0.2) is 0 Å². The Morgan fingerprint density at radius 2 is 1.48 bits per heavy atom. The Hall–Kier alpha value is -3.06. The summed E-state index contributed by atoms with van der Waals surface area (Å²) in [4.78, 5) is 0. The van der Waals surface area contributed by atoms with Crippen molar-refractivity contribution in [1.82, 2.24) is 0 Å². The van der Waals surface area contributed by atoms with E-state index in [9.17, 15) is 0 Å². The van der Waals surface area contributed by atoms with Gasteiger partial charge in [-0.15, -0.1) is 0 Å². The summed E-state index contributed by atoms with van der Waals surface area (Å²) in [5.74, 6) is 0.502. The molecule has 3 aromatic carbocycles. The molecule has 0 heterocycles. The molecule has 0 saturated heterocycles. The van der Waals surface area contributed by atoms with Gasteiger partial charge in [-0.05, 0) is 57.9 Å². The monoisotopic (exact) mass is 349 g/mol. The van der Waals surface area contributed by atoms with Gasteiger partial charge in [-0.1, -0.05) is 85.8 Å². The quantitative estimate of drug-likeness (QED) is 0.567. The lowest BCUT2D eigenvalue weighted by molar-refractivity contribution is 0.722. The number of nitrogen functional groups attached to an aromatic ring is 1. The van der Waals surface area contributed by atoms with Crippen molar-refractivity contribution < 1.29 is 0 Å². The Bertz CT molecular complexity index is 1020. The molecular formula is C26H23N. The molecule has 1 unspecified atom stereocenters. The molecule has 0 amide bonds. The fourth-order valence-corrected chi connectivity index (χ4v) is 5.02. The van der Waals surface area contributed by atoms with E-state index in [1.54, 1.807) is 0 Å². The van der Waals surface area contributed by atoms with E-state index in [4.69, 9.17) is 5.73 Å². The van der Waals surface area contributed by atoms with E-state index in [1.807, 2.05) is 6.07 Å². The van der Waals surface area contributed by atoms with Crippen molar-refractivity contribution in [3.8, 4) is 0 Å². The van der Waals surface area contributed by atoms with Gasteiger partial charge < -0.3 is 5.73 Å². The molecule has 2 aliphatic carbocycles. The van der Waals surface area contributed by atoms with Crippen LogP contribution in [0, 0.1) is 5.92 Å². The van der Waals surface area contributed by atoms with Crippen LogP contribution in [0.2, 0.25) is 0 Å². The number of benzene rings is 3. The number of fused-ring (bicyclic) bond motifs is 2. The SMILES string of the molecule is CC1CC=CC2=C1c1ccc(N)cc1C2(c1ccccc1)c1ccccc1. The molecule has 1 heteroatoms. The molecule has 0 radical (unpaired) electrons. The number of rotatable bonds is 2. The van der Waals surface area contributed by atoms with Gasteiger partial charge in [0.15, 0.2) is 0 Å². The first kappa shape index (κ1) is 16.1. The maximum absolute atomic E-state index is 6.30. The van der Waals surface area contributed by atoms with E-state index >= 15 is 0 Å². The zero-order chi connectivity index (χ0) is 18.4. The Morgan fingerprint density at radius 3 is 2.11 bits per heavy atom. The lowest BCUT2D eigenvalue weighted by Crippen LogP contribution is -2.29. The van der Waals surface area contributed by atoms with Crippen molar-refractivity contribution in [1.29, 1.82) is 0 Å². The molecule has 1 nitrogen and oxygen atoms in total. The van der Waals surface area contributed by atoms with E-state index < -0.39 is 0 Å².